The molecule has 0 aromatic carbocycles. The maximum Gasteiger partial charge on any atom is 0.317 e. The summed E-state index contributed by atoms with van der Waals surface area (Å²) in [5, 5.41) is 0. The van der Waals surface area contributed by atoms with Crippen LogP contribution in [0.15, 0.2) is 11.6 Å². The lowest BCUT2D eigenvalue weighted by atomic mass is 9.67. The van der Waals surface area contributed by atoms with Gasteiger partial charge < -0.3 is 4.74 Å². The van der Waals surface area contributed by atoms with E-state index < -0.39 is 5.97 Å². The summed E-state index contributed by atoms with van der Waals surface area (Å²) in [7, 11) is 0. The summed E-state index contributed by atoms with van der Waals surface area (Å²) in [4.78, 5) is 22.8. The zero-order chi connectivity index (χ0) is 18.1. The molecule has 0 saturated carbocycles. The lowest BCUT2D eigenvalue weighted by Gasteiger charge is -2.38. The summed E-state index contributed by atoms with van der Waals surface area (Å²) in [5.74, 6) is -1.05. The summed E-state index contributed by atoms with van der Waals surface area (Å²) < 4.78 is 4.64. The fourth-order valence-electron chi connectivity index (χ4n) is 4.57. The van der Waals surface area contributed by atoms with E-state index in [0.717, 1.165) is 6.42 Å². The topological polar surface area (TPSA) is 43.4 Å². The van der Waals surface area contributed by atoms with Crippen LogP contribution in [0.5, 0.6) is 0 Å². The predicted molar refractivity (Wildman–Crippen MR) is 93.8 cm³/mol. The average molecular weight is 322 g/mol. The van der Waals surface area contributed by atoms with Crippen molar-refractivity contribution < 1.29 is 14.3 Å². The Balaban J connectivity index is 2.71. The van der Waals surface area contributed by atoms with Crippen LogP contribution in [0.4, 0.5) is 0 Å². The third-order valence-corrected chi connectivity index (χ3v) is 4.11. The lowest BCUT2D eigenvalue weighted by Crippen LogP contribution is -2.26. The van der Waals surface area contributed by atoms with Crippen LogP contribution >= 0.6 is 0 Å². The van der Waals surface area contributed by atoms with Gasteiger partial charge in [0.05, 0.1) is 12.3 Å². The maximum atomic E-state index is 11.6. The highest BCUT2D eigenvalue weighted by atomic mass is 16.6. The Bertz CT molecular complexity index is 490. The highest BCUT2D eigenvalue weighted by Gasteiger charge is 2.34. The SMILES string of the molecule is C/C(=C\C(C)(C)CC(C)(C)CC(C)(C)C)CC1CC(=O)OC1=O. The number of cyclic esters (lactones) is 2. The minimum atomic E-state index is -0.390. The molecule has 1 fully saturated rings. The van der Waals surface area contributed by atoms with E-state index in [9.17, 15) is 9.59 Å². The van der Waals surface area contributed by atoms with Crippen LogP contribution < -0.4 is 0 Å². The molecule has 1 aliphatic rings. The molecule has 0 N–H and O–H groups in total. The van der Waals surface area contributed by atoms with Gasteiger partial charge in [-0.3, -0.25) is 9.59 Å². The second kappa shape index (κ2) is 6.78. The minimum Gasteiger partial charge on any atom is -0.393 e. The quantitative estimate of drug-likeness (QED) is 0.379. The van der Waals surface area contributed by atoms with E-state index in [1.165, 1.54) is 12.0 Å². The third kappa shape index (κ3) is 7.32. The van der Waals surface area contributed by atoms with Gasteiger partial charge in [-0.1, -0.05) is 60.1 Å². The van der Waals surface area contributed by atoms with Gasteiger partial charge in [0.15, 0.2) is 0 Å². The fourth-order valence-corrected chi connectivity index (χ4v) is 4.57. The van der Waals surface area contributed by atoms with Gasteiger partial charge in [-0.2, -0.15) is 0 Å². The molecule has 1 aliphatic heterocycles. The molecule has 0 aromatic heterocycles. The van der Waals surface area contributed by atoms with E-state index in [0.29, 0.717) is 11.8 Å². The number of carbonyl (C=O) groups is 2. The summed E-state index contributed by atoms with van der Waals surface area (Å²) in [6.45, 7) is 18.1. The molecule has 23 heavy (non-hydrogen) atoms. The largest absolute Gasteiger partial charge is 0.393 e. The Hall–Kier alpha value is -1.12. The molecule has 1 atom stereocenters. The number of hydrogen-bond donors (Lipinski definition) is 0. The molecule has 0 aromatic rings. The molecule has 0 radical (unpaired) electrons. The smallest absolute Gasteiger partial charge is 0.317 e. The van der Waals surface area contributed by atoms with Crippen LogP contribution in [0.3, 0.4) is 0 Å². The van der Waals surface area contributed by atoms with Crippen molar-refractivity contribution in [3.8, 4) is 0 Å². The van der Waals surface area contributed by atoms with Gasteiger partial charge >= 0.3 is 11.9 Å². The van der Waals surface area contributed by atoms with Crippen molar-refractivity contribution in [1.29, 1.82) is 0 Å². The third-order valence-electron chi connectivity index (χ3n) is 4.11. The molecule has 3 nitrogen and oxygen atoms in total. The second-order valence-corrected chi connectivity index (χ2v) is 9.96. The molecule has 3 heteroatoms. The number of esters is 2. The molecule has 132 valence electrons. The Morgan fingerprint density at radius 1 is 1.09 bits per heavy atom. The van der Waals surface area contributed by atoms with Crippen molar-refractivity contribution >= 4 is 11.9 Å². The van der Waals surface area contributed by atoms with Gasteiger partial charge in [-0.05, 0) is 42.4 Å². The second-order valence-electron chi connectivity index (χ2n) is 9.96. The summed E-state index contributed by atoms with van der Waals surface area (Å²) in [6, 6.07) is 0. The monoisotopic (exact) mass is 322 g/mol. The van der Waals surface area contributed by atoms with E-state index in [1.807, 2.05) is 0 Å². The minimum absolute atomic E-state index is 0.0609. The molecular weight excluding hydrogens is 288 g/mol. The van der Waals surface area contributed by atoms with Crippen molar-refractivity contribution in [1.82, 2.24) is 0 Å². The molecule has 0 amide bonds. The Morgan fingerprint density at radius 2 is 1.65 bits per heavy atom. The normalized spacial score (nSPS) is 20.9. The van der Waals surface area contributed by atoms with Crippen molar-refractivity contribution in [2.45, 2.75) is 81.1 Å². The molecule has 0 aliphatic carbocycles. The summed E-state index contributed by atoms with van der Waals surface area (Å²) >= 11 is 0. The zero-order valence-electron chi connectivity index (χ0n) is 16.2. The Morgan fingerprint density at radius 3 is 2.09 bits per heavy atom. The first-order valence-electron chi connectivity index (χ1n) is 8.62. The summed E-state index contributed by atoms with van der Waals surface area (Å²) in [6.07, 6.45) is 5.36. The van der Waals surface area contributed by atoms with E-state index >= 15 is 0 Å². The molecule has 1 unspecified atom stereocenters. The van der Waals surface area contributed by atoms with Crippen LogP contribution in [-0.2, 0) is 14.3 Å². The standard InChI is InChI=1S/C20H34O3/c1-14(9-15-10-16(21)23-17(15)22)11-19(5,6)13-20(7,8)12-18(2,3)4/h11,15H,9-10,12-13H2,1-8H3/b14-11+. The average Bonchev–Trinajstić information content (AvgIpc) is 2.49. The Kier molecular flexibility index (Phi) is 5.88. The van der Waals surface area contributed by atoms with Crippen LogP contribution in [0, 0.1) is 22.2 Å². The highest BCUT2D eigenvalue weighted by molar-refractivity contribution is 5.94. The van der Waals surface area contributed by atoms with E-state index in [2.05, 4.69) is 66.2 Å². The predicted octanol–water partition coefficient (Wildman–Crippen LogP) is 5.29. The first-order valence-corrected chi connectivity index (χ1v) is 8.62. The molecule has 0 spiro atoms. The number of carbonyl (C=O) groups excluding carboxylic acids is 2. The molecule has 0 bridgehead atoms. The molecule has 1 rings (SSSR count). The Labute approximate surface area is 141 Å². The van der Waals surface area contributed by atoms with Crippen LogP contribution in [0.25, 0.3) is 0 Å². The number of ether oxygens (including phenoxy) is 1. The number of rotatable bonds is 6. The van der Waals surface area contributed by atoms with E-state index in [4.69, 9.17) is 0 Å². The van der Waals surface area contributed by atoms with Crippen molar-refractivity contribution in [2.75, 3.05) is 0 Å². The van der Waals surface area contributed by atoms with Gasteiger partial charge in [0, 0.05) is 0 Å². The first kappa shape index (κ1) is 19.9. The van der Waals surface area contributed by atoms with Gasteiger partial charge in [0.25, 0.3) is 0 Å². The molecular formula is C20H34O3. The van der Waals surface area contributed by atoms with Gasteiger partial charge in [-0.15, -0.1) is 0 Å². The van der Waals surface area contributed by atoms with Gasteiger partial charge in [-0.25, -0.2) is 0 Å². The number of allylic oxidation sites excluding steroid dienone is 2. The van der Waals surface area contributed by atoms with Crippen LogP contribution in [-0.4, -0.2) is 11.9 Å². The molecule has 1 heterocycles. The fraction of sp³-hybridized carbons (Fsp3) is 0.800. The number of hydrogen-bond acceptors (Lipinski definition) is 3. The van der Waals surface area contributed by atoms with E-state index in [1.54, 1.807) is 0 Å². The van der Waals surface area contributed by atoms with Crippen LogP contribution in [0.2, 0.25) is 0 Å². The van der Waals surface area contributed by atoms with Crippen molar-refractivity contribution in [2.24, 2.45) is 22.2 Å². The molecule has 1 saturated heterocycles. The highest BCUT2D eigenvalue weighted by Crippen LogP contribution is 2.43. The summed E-state index contributed by atoms with van der Waals surface area (Å²) in [5.41, 5.74) is 1.79. The van der Waals surface area contributed by atoms with Gasteiger partial charge in [0.2, 0.25) is 0 Å². The maximum absolute atomic E-state index is 11.6. The van der Waals surface area contributed by atoms with Crippen LogP contribution in [0.1, 0.15) is 81.1 Å². The van der Waals surface area contributed by atoms with Crippen molar-refractivity contribution in [3.63, 3.8) is 0 Å². The van der Waals surface area contributed by atoms with E-state index in [-0.39, 0.29) is 29.1 Å². The first-order chi connectivity index (χ1) is 10.2. The van der Waals surface area contributed by atoms with Crippen molar-refractivity contribution in [3.05, 3.63) is 11.6 Å². The zero-order valence-corrected chi connectivity index (χ0v) is 16.2. The lowest BCUT2D eigenvalue weighted by molar-refractivity contribution is -0.153. The van der Waals surface area contributed by atoms with Gasteiger partial charge in [0.1, 0.15) is 0 Å².